The van der Waals surface area contributed by atoms with Crippen molar-refractivity contribution in [2.24, 2.45) is 0 Å². The van der Waals surface area contributed by atoms with Crippen LogP contribution in [0.5, 0.6) is 0 Å². The first-order valence-corrected chi connectivity index (χ1v) is 12.4. The monoisotopic (exact) mass is 471 g/mol. The Hall–Kier alpha value is -2.49. The van der Waals surface area contributed by atoms with E-state index in [1.807, 2.05) is 31.4 Å². The van der Waals surface area contributed by atoms with E-state index in [0.29, 0.717) is 29.3 Å². The van der Waals surface area contributed by atoms with Crippen LogP contribution < -0.4 is 5.56 Å². The topological polar surface area (TPSA) is 84.9 Å². The maximum Gasteiger partial charge on any atom is 0.311 e. The summed E-state index contributed by atoms with van der Waals surface area (Å²) < 4.78 is 5.78. The van der Waals surface area contributed by atoms with Gasteiger partial charge >= 0.3 is 5.97 Å². The van der Waals surface area contributed by atoms with Gasteiger partial charge in [0.15, 0.2) is 4.34 Å². The van der Waals surface area contributed by atoms with E-state index >= 15 is 0 Å². The lowest BCUT2D eigenvalue weighted by Crippen LogP contribution is -2.10. The molecule has 0 atom stereocenters. The number of aromatic nitrogens is 3. The predicted molar refractivity (Wildman–Crippen MR) is 127 cm³/mol. The number of aryl methyl sites for hydroxylation is 2. The fourth-order valence-electron chi connectivity index (χ4n) is 3.23. The fraction of sp³-hybridized carbons (Fsp3) is 0.273. The Morgan fingerprint density at radius 3 is 2.71 bits per heavy atom. The van der Waals surface area contributed by atoms with Crippen molar-refractivity contribution in [3.8, 4) is 11.1 Å². The molecule has 3 aromatic heterocycles. The van der Waals surface area contributed by atoms with Crippen LogP contribution in [0.25, 0.3) is 21.3 Å². The molecule has 31 heavy (non-hydrogen) atoms. The summed E-state index contributed by atoms with van der Waals surface area (Å²) in [6, 6.07) is 8.19. The zero-order valence-corrected chi connectivity index (χ0v) is 19.8. The van der Waals surface area contributed by atoms with Gasteiger partial charge < -0.3 is 9.72 Å². The number of carbonyl (C=O) groups is 1. The van der Waals surface area contributed by atoms with Crippen molar-refractivity contribution in [3.05, 3.63) is 62.0 Å². The van der Waals surface area contributed by atoms with Crippen LogP contribution in [0, 0.1) is 13.8 Å². The number of carbonyl (C=O) groups excluding carboxylic acids is 1. The summed E-state index contributed by atoms with van der Waals surface area (Å²) in [5, 5.41) is 2.50. The molecule has 3 heterocycles. The maximum absolute atomic E-state index is 12.9. The fourth-order valence-corrected chi connectivity index (χ4v) is 6.01. The van der Waals surface area contributed by atoms with Crippen LogP contribution in [0.3, 0.4) is 0 Å². The third-order valence-electron chi connectivity index (χ3n) is 4.62. The molecule has 0 unspecified atom stereocenters. The summed E-state index contributed by atoms with van der Waals surface area (Å²) in [5.74, 6) is 0.827. The van der Waals surface area contributed by atoms with Crippen molar-refractivity contribution in [3.63, 3.8) is 0 Å². The van der Waals surface area contributed by atoms with Crippen molar-refractivity contribution in [2.75, 3.05) is 6.61 Å². The van der Waals surface area contributed by atoms with Crippen LogP contribution >= 0.6 is 34.4 Å². The molecule has 0 aliphatic heterocycles. The number of esters is 1. The van der Waals surface area contributed by atoms with Gasteiger partial charge in [-0.2, -0.15) is 0 Å². The van der Waals surface area contributed by atoms with E-state index in [4.69, 9.17) is 9.72 Å². The first kappa shape index (κ1) is 21.7. The van der Waals surface area contributed by atoms with Crippen LogP contribution in [0.15, 0.2) is 38.8 Å². The number of fused-ring (bicyclic) bond motifs is 1. The number of thiazole rings is 1. The number of thioether (sulfide) groups is 1. The third-order valence-corrected chi connectivity index (χ3v) is 7.70. The SMILES string of the molecule is CCOC(=O)Cc1csc(SCc2nc3sc(C)c(-c4ccc(C)cc4)c3c(=O)[nH]2)n1. The smallest absolute Gasteiger partial charge is 0.311 e. The average Bonchev–Trinajstić information content (AvgIpc) is 3.31. The molecule has 4 aromatic rings. The van der Waals surface area contributed by atoms with Gasteiger partial charge in [-0.05, 0) is 26.3 Å². The van der Waals surface area contributed by atoms with E-state index in [2.05, 4.69) is 22.1 Å². The molecule has 0 aliphatic carbocycles. The second-order valence-electron chi connectivity index (χ2n) is 6.97. The molecule has 0 saturated heterocycles. The summed E-state index contributed by atoms with van der Waals surface area (Å²) in [5.41, 5.74) is 3.74. The molecule has 160 valence electrons. The molecule has 9 heteroatoms. The quantitative estimate of drug-likeness (QED) is 0.297. The molecule has 1 N–H and O–H groups in total. The van der Waals surface area contributed by atoms with Crippen molar-refractivity contribution in [2.45, 2.75) is 37.3 Å². The van der Waals surface area contributed by atoms with Crippen LogP contribution in [0.2, 0.25) is 0 Å². The average molecular weight is 472 g/mol. The number of rotatable bonds is 7. The van der Waals surface area contributed by atoms with Gasteiger partial charge in [-0.3, -0.25) is 9.59 Å². The highest BCUT2D eigenvalue weighted by molar-refractivity contribution is 8.00. The molecular weight excluding hydrogens is 450 g/mol. The van der Waals surface area contributed by atoms with Gasteiger partial charge in [0.2, 0.25) is 0 Å². The zero-order chi connectivity index (χ0) is 22.0. The minimum Gasteiger partial charge on any atom is -0.466 e. The van der Waals surface area contributed by atoms with E-state index in [1.54, 1.807) is 6.92 Å². The minimum absolute atomic E-state index is 0.123. The molecule has 6 nitrogen and oxygen atoms in total. The Labute approximate surface area is 191 Å². The Morgan fingerprint density at radius 2 is 1.97 bits per heavy atom. The minimum atomic E-state index is -0.279. The summed E-state index contributed by atoms with van der Waals surface area (Å²) in [6.07, 6.45) is 0.169. The zero-order valence-electron chi connectivity index (χ0n) is 17.4. The molecule has 0 aliphatic rings. The van der Waals surface area contributed by atoms with Crippen molar-refractivity contribution >= 4 is 50.6 Å². The van der Waals surface area contributed by atoms with Crippen molar-refractivity contribution in [1.82, 2.24) is 15.0 Å². The van der Waals surface area contributed by atoms with Crippen LogP contribution in [0.1, 0.15) is 28.9 Å². The summed E-state index contributed by atoms with van der Waals surface area (Å²) >= 11 is 4.50. The van der Waals surface area contributed by atoms with Crippen LogP contribution in [0.4, 0.5) is 0 Å². The Kier molecular flexibility index (Phi) is 6.54. The van der Waals surface area contributed by atoms with Gasteiger partial charge in [-0.25, -0.2) is 9.97 Å². The lowest BCUT2D eigenvalue weighted by Gasteiger charge is -2.03. The van der Waals surface area contributed by atoms with E-state index < -0.39 is 0 Å². The van der Waals surface area contributed by atoms with E-state index in [9.17, 15) is 9.59 Å². The van der Waals surface area contributed by atoms with E-state index in [-0.39, 0.29) is 17.9 Å². The van der Waals surface area contributed by atoms with Gasteiger partial charge in [0.25, 0.3) is 5.56 Å². The number of H-pyrrole nitrogens is 1. The number of nitrogens with zero attached hydrogens (tertiary/aromatic N) is 2. The number of aromatic amines is 1. The number of ether oxygens (including phenoxy) is 1. The first-order valence-electron chi connectivity index (χ1n) is 9.76. The number of nitrogens with one attached hydrogen (secondary N) is 1. The molecule has 0 spiro atoms. The third kappa shape index (κ3) is 4.89. The Balaban J connectivity index is 1.54. The normalized spacial score (nSPS) is 11.2. The Morgan fingerprint density at radius 1 is 1.19 bits per heavy atom. The second kappa shape index (κ2) is 9.33. The van der Waals surface area contributed by atoms with Crippen molar-refractivity contribution < 1.29 is 9.53 Å². The highest BCUT2D eigenvalue weighted by Gasteiger charge is 2.17. The number of thiophene rings is 1. The van der Waals surface area contributed by atoms with Crippen LogP contribution in [-0.2, 0) is 21.7 Å². The predicted octanol–water partition coefficient (Wildman–Crippen LogP) is 5.12. The van der Waals surface area contributed by atoms with E-state index in [0.717, 1.165) is 25.2 Å². The molecule has 0 saturated carbocycles. The lowest BCUT2D eigenvalue weighted by molar-refractivity contribution is -0.142. The molecule has 0 bridgehead atoms. The Bertz CT molecular complexity index is 1290. The van der Waals surface area contributed by atoms with Gasteiger partial charge in [0.1, 0.15) is 10.7 Å². The largest absolute Gasteiger partial charge is 0.466 e. The van der Waals surface area contributed by atoms with Crippen LogP contribution in [-0.4, -0.2) is 27.5 Å². The molecule has 0 radical (unpaired) electrons. The lowest BCUT2D eigenvalue weighted by atomic mass is 10.0. The second-order valence-corrected chi connectivity index (χ2v) is 10.3. The number of hydrogen-bond acceptors (Lipinski definition) is 8. The standard InChI is InChI=1S/C22H21N3O3S3/c1-4-28-17(26)9-15-10-29-22(23-15)30-11-16-24-20(27)19-18(13(3)31-21(19)25-16)14-7-5-12(2)6-8-14/h5-8,10H,4,9,11H2,1-3H3,(H,24,25,27). The van der Waals surface area contributed by atoms with Gasteiger partial charge in [0, 0.05) is 15.8 Å². The number of benzene rings is 1. The van der Waals surface area contributed by atoms with E-state index in [1.165, 1.54) is 40.0 Å². The maximum atomic E-state index is 12.9. The van der Waals surface area contributed by atoms with Crippen molar-refractivity contribution in [1.29, 1.82) is 0 Å². The van der Waals surface area contributed by atoms with Gasteiger partial charge in [-0.15, -0.1) is 22.7 Å². The highest BCUT2D eigenvalue weighted by atomic mass is 32.2. The first-order chi connectivity index (χ1) is 14.9. The molecule has 0 fully saturated rings. The summed E-state index contributed by atoms with van der Waals surface area (Å²) in [6.45, 7) is 6.21. The van der Waals surface area contributed by atoms with Gasteiger partial charge in [0.05, 0.1) is 29.9 Å². The molecule has 4 rings (SSSR count). The molecule has 1 aromatic carbocycles. The highest BCUT2D eigenvalue weighted by Crippen LogP contribution is 2.36. The summed E-state index contributed by atoms with van der Waals surface area (Å²) in [4.78, 5) is 38.4. The number of hydrogen-bond donors (Lipinski definition) is 1. The van der Waals surface area contributed by atoms with Gasteiger partial charge in [-0.1, -0.05) is 41.6 Å². The molecule has 0 amide bonds. The molecular formula is C22H21N3O3S3. The summed E-state index contributed by atoms with van der Waals surface area (Å²) in [7, 11) is 0.